The number of carbonyl (C=O) groups is 2. The molecule has 0 unspecified atom stereocenters. The van der Waals surface area contributed by atoms with Crippen molar-refractivity contribution in [1.82, 2.24) is 10.6 Å². The summed E-state index contributed by atoms with van der Waals surface area (Å²) in [4.78, 5) is 29.5. The molecule has 1 aromatic carbocycles. The van der Waals surface area contributed by atoms with Crippen molar-refractivity contribution in [1.29, 1.82) is 0 Å². The second-order valence-electron chi connectivity index (χ2n) is 8.39. The van der Waals surface area contributed by atoms with E-state index in [9.17, 15) is 9.59 Å². The molecule has 2 saturated heterocycles. The Morgan fingerprint density at radius 2 is 1.52 bits per heavy atom. The Morgan fingerprint density at radius 1 is 0.935 bits per heavy atom. The second-order valence-corrected chi connectivity index (χ2v) is 8.39. The van der Waals surface area contributed by atoms with Crippen LogP contribution in [0.5, 0.6) is 0 Å². The van der Waals surface area contributed by atoms with Crippen molar-refractivity contribution in [3.05, 3.63) is 29.8 Å². The van der Waals surface area contributed by atoms with Gasteiger partial charge in [-0.1, -0.05) is 12.1 Å². The molecule has 0 saturated carbocycles. The summed E-state index contributed by atoms with van der Waals surface area (Å²) in [5, 5.41) is 5.60. The Labute approximate surface area is 184 Å². The Kier molecular flexibility index (Phi) is 9.08. The molecule has 1 atom stereocenters. The van der Waals surface area contributed by atoms with E-state index in [1.165, 1.54) is 9.80 Å². The molecular weight excluding hydrogens is 398 g/mol. The monoisotopic (exact) mass is 435 g/mol. The van der Waals surface area contributed by atoms with Crippen LogP contribution in [-0.2, 0) is 19.1 Å². The molecule has 2 aliphatic heterocycles. The summed E-state index contributed by atoms with van der Waals surface area (Å²) in [7, 11) is 4.03. The van der Waals surface area contributed by atoms with Crippen molar-refractivity contribution < 1.29 is 28.9 Å². The highest BCUT2D eigenvalue weighted by Crippen LogP contribution is 2.16. The van der Waals surface area contributed by atoms with Crippen LogP contribution < -0.4 is 25.3 Å². The molecule has 2 heterocycles. The lowest BCUT2D eigenvalue weighted by Gasteiger charge is -2.32. The summed E-state index contributed by atoms with van der Waals surface area (Å²) in [5.41, 5.74) is 2.28. The fraction of sp³-hybridized carbons (Fsp3) is 0.636. The minimum Gasteiger partial charge on any atom is -0.378 e. The molecule has 31 heavy (non-hydrogen) atoms. The molecule has 9 nitrogen and oxygen atoms in total. The summed E-state index contributed by atoms with van der Waals surface area (Å²) in [6, 6.07) is 8.48. The van der Waals surface area contributed by atoms with E-state index in [0.717, 1.165) is 57.2 Å². The summed E-state index contributed by atoms with van der Waals surface area (Å²) in [6.45, 7) is 8.28. The first-order chi connectivity index (χ1) is 15.0. The van der Waals surface area contributed by atoms with Crippen molar-refractivity contribution in [3.8, 4) is 0 Å². The predicted octanol–water partition coefficient (Wildman–Crippen LogP) is -3.14. The van der Waals surface area contributed by atoms with Crippen LogP contribution in [0.25, 0.3) is 0 Å². The van der Waals surface area contributed by atoms with Crippen LogP contribution in [0.3, 0.4) is 0 Å². The molecule has 172 valence electrons. The first-order valence-electron chi connectivity index (χ1n) is 11.2. The van der Waals surface area contributed by atoms with Gasteiger partial charge in [0.2, 0.25) is 0 Å². The fourth-order valence-electron chi connectivity index (χ4n) is 4.10. The van der Waals surface area contributed by atoms with E-state index in [-0.39, 0.29) is 6.04 Å². The first-order valence-corrected chi connectivity index (χ1v) is 11.2. The number of hydrogen-bond acceptors (Lipinski definition) is 5. The van der Waals surface area contributed by atoms with E-state index in [0.29, 0.717) is 26.3 Å². The number of anilines is 1. The van der Waals surface area contributed by atoms with Gasteiger partial charge < -0.3 is 34.8 Å². The summed E-state index contributed by atoms with van der Waals surface area (Å²) in [6.07, 6.45) is 0. The van der Waals surface area contributed by atoms with E-state index in [2.05, 4.69) is 39.8 Å². The Hall–Kier alpha value is -2.20. The highest BCUT2D eigenvalue weighted by molar-refractivity contribution is 6.35. The minimum absolute atomic E-state index is 0.0784. The van der Waals surface area contributed by atoms with Crippen molar-refractivity contribution in [2.45, 2.75) is 6.04 Å². The molecular formula is C22H37N5O4+2. The molecule has 3 rings (SSSR count). The molecule has 2 amide bonds. The van der Waals surface area contributed by atoms with Gasteiger partial charge in [0.1, 0.15) is 32.2 Å². The standard InChI is InChI=1S/C22H35N5O4/c1-25(2)19-5-3-18(4-6-19)20(27-11-15-31-16-12-27)17-24-22(29)21(28)23-7-8-26-9-13-30-14-10-26/h3-6,20H,7-17H2,1-2H3,(H,23,28)(H,24,29)/p+2/t20-/m0/s1. The van der Waals surface area contributed by atoms with Gasteiger partial charge >= 0.3 is 11.8 Å². The number of amides is 2. The van der Waals surface area contributed by atoms with E-state index in [1.807, 2.05) is 14.1 Å². The molecule has 2 aliphatic rings. The zero-order chi connectivity index (χ0) is 22.1. The number of rotatable bonds is 8. The van der Waals surface area contributed by atoms with Gasteiger partial charge in [0, 0.05) is 25.3 Å². The van der Waals surface area contributed by atoms with Gasteiger partial charge in [-0.25, -0.2) is 0 Å². The van der Waals surface area contributed by atoms with Gasteiger partial charge in [0.15, 0.2) is 0 Å². The summed E-state index contributed by atoms with van der Waals surface area (Å²) in [5.74, 6) is -1.13. The highest BCUT2D eigenvalue weighted by atomic mass is 16.5. The van der Waals surface area contributed by atoms with Crippen LogP contribution in [-0.4, -0.2) is 98.2 Å². The maximum Gasteiger partial charge on any atom is 0.309 e. The van der Waals surface area contributed by atoms with Gasteiger partial charge in [-0.2, -0.15) is 0 Å². The smallest absolute Gasteiger partial charge is 0.309 e. The van der Waals surface area contributed by atoms with E-state index in [1.54, 1.807) is 0 Å². The van der Waals surface area contributed by atoms with Crippen LogP contribution in [0.1, 0.15) is 11.6 Å². The maximum atomic E-state index is 12.4. The number of nitrogens with zero attached hydrogens (tertiary/aromatic N) is 1. The van der Waals surface area contributed by atoms with Crippen LogP contribution in [0, 0.1) is 0 Å². The summed E-state index contributed by atoms with van der Waals surface area (Å²) >= 11 is 0. The molecule has 0 bridgehead atoms. The SMILES string of the molecule is CN(C)c1ccc([C@H](CNC(=O)C(=O)NCC[NH+]2CCOCC2)[NH+]2CCOCC2)cc1. The lowest BCUT2D eigenvalue weighted by Crippen LogP contribution is -3.15. The van der Waals surface area contributed by atoms with Crippen LogP contribution >= 0.6 is 0 Å². The number of quaternary nitrogens is 2. The number of benzene rings is 1. The van der Waals surface area contributed by atoms with Crippen molar-refractivity contribution in [2.75, 3.05) is 91.2 Å². The predicted molar refractivity (Wildman–Crippen MR) is 117 cm³/mol. The third-order valence-electron chi connectivity index (χ3n) is 6.08. The second kappa shape index (κ2) is 12.0. The third-order valence-corrected chi connectivity index (χ3v) is 6.08. The van der Waals surface area contributed by atoms with Gasteiger partial charge in [0.25, 0.3) is 0 Å². The zero-order valence-corrected chi connectivity index (χ0v) is 18.7. The lowest BCUT2D eigenvalue weighted by molar-refractivity contribution is -0.937. The molecule has 0 radical (unpaired) electrons. The van der Waals surface area contributed by atoms with E-state index in [4.69, 9.17) is 9.47 Å². The number of hydrogen-bond donors (Lipinski definition) is 4. The van der Waals surface area contributed by atoms with Crippen LogP contribution in [0.2, 0.25) is 0 Å². The minimum atomic E-state index is -0.570. The molecule has 0 aromatic heterocycles. The normalized spacial score (nSPS) is 18.9. The largest absolute Gasteiger partial charge is 0.378 e. The van der Waals surface area contributed by atoms with Gasteiger partial charge in [-0.05, 0) is 12.1 Å². The summed E-state index contributed by atoms with van der Waals surface area (Å²) < 4.78 is 10.8. The zero-order valence-electron chi connectivity index (χ0n) is 18.7. The van der Waals surface area contributed by atoms with E-state index < -0.39 is 11.8 Å². The van der Waals surface area contributed by atoms with Crippen molar-refractivity contribution in [2.24, 2.45) is 0 Å². The molecule has 1 aromatic rings. The van der Waals surface area contributed by atoms with E-state index >= 15 is 0 Å². The quantitative estimate of drug-likeness (QED) is 0.324. The third kappa shape index (κ3) is 7.17. The molecule has 2 fully saturated rings. The average molecular weight is 436 g/mol. The van der Waals surface area contributed by atoms with Crippen LogP contribution in [0.4, 0.5) is 5.69 Å². The Bertz CT molecular complexity index is 700. The molecule has 4 N–H and O–H groups in total. The molecule has 0 aliphatic carbocycles. The van der Waals surface area contributed by atoms with Crippen molar-refractivity contribution in [3.63, 3.8) is 0 Å². The van der Waals surface area contributed by atoms with Crippen LogP contribution in [0.15, 0.2) is 24.3 Å². The number of carbonyl (C=O) groups excluding carboxylic acids is 2. The van der Waals surface area contributed by atoms with Crippen molar-refractivity contribution >= 4 is 17.5 Å². The fourth-order valence-corrected chi connectivity index (χ4v) is 4.10. The topological polar surface area (TPSA) is 88.8 Å². The number of ether oxygens (including phenoxy) is 2. The molecule has 9 heteroatoms. The van der Waals surface area contributed by atoms with Gasteiger partial charge in [0.05, 0.1) is 46.1 Å². The molecule has 0 spiro atoms. The van der Waals surface area contributed by atoms with Gasteiger partial charge in [-0.15, -0.1) is 0 Å². The maximum absolute atomic E-state index is 12.4. The van der Waals surface area contributed by atoms with Gasteiger partial charge in [-0.3, -0.25) is 9.59 Å². The number of nitrogens with one attached hydrogen (secondary N) is 4. The average Bonchev–Trinajstić information content (AvgIpc) is 2.80. The lowest BCUT2D eigenvalue weighted by atomic mass is 10.0. The number of morpholine rings is 2. The Morgan fingerprint density at radius 3 is 2.13 bits per heavy atom. The Balaban J connectivity index is 1.52. The first kappa shape index (κ1) is 23.5. The highest BCUT2D eigenvalue weighted by Gasteiger charge is 2.28.